The van der Waals surface area contributed by atoms with Gasteiger partial charge in [-0.3, -0.25) is 9.20 Å². The van der Waals surface area contributed by atoms with Crippen molar-refractivity contribution in [3.8, 4) is 0 Å². The summed E-state index contributed by atoms with van der Waals surface area (Å²) in [5.41, 5.74) is 1.11. The van der Waals surface area contributed by atoms with Gasteiger partial charge in [0, 0.05) is 24.7 Å². The largest absolute Gasteiger partial charge is 0.468 e. The van der Waals surface area contributed by atoms with E-state index in [9.17, 15) is 13.2 Å². The van der Waals surface area contributed by atoms with Crippen molar-refractivity contribution in [2.45, 2.75) is 17.9 Å². The second-order valence-electron chi connectivity index (χ2n) is 6.48. The van der Waals surface area contributed by atoms with E-state index in [2.05, 4.69) is 20.2 Å². The summed E-state index contributed by atoms with van der Waals surface area (Å²) >= 11 is 0. The first-order chi connectivity index (χ1) is 14.5. The molecule has 4 rings (SSSR count). The quantitative estimate of drug-likeness (QED) is 0.444. The zero-order valence-electron chi connectivity index (χ0n) is 15.9. The van der Waals surface area contributed by atoms with Crippen molar-refractivity contribution >= 4 is 21.6 Å². The minimum Gasteiger partial charge on any atom is -0.468 e. The Morgan fingerprint density at radius 1 is 1.03 bits per heavy atom. The highest BCUT2D eigenvalue weighted by Crippen LogP contribution is 2.12. The first kappa shape index (κ1) is 19.8. The first-order valence-corrected chi connectivity index (χ1v) is 10.7. The van der Waals surface area contributed by atoms with Crippen LogP contribution in [0.25, 0.3) is 5.65 Å². The molecular formula is C20H19N5O4S. The summed E-state index contributed by atoms with van der Waals surface area (Å²) in [5.74, 6) is 0.960. The average Bonchev–Trinajstić information content (AvgIpc) is 3.43. The van der Waals surface area contributed by atoms with E-state index in [1.54, 1.807) is 12.1 Å². The van der Waals surface area contributed by atoms with Crippen molar-refractivity contribution in [2.75, 3.05) is 6.54 Å². The summed E-state index contributed by atoms with van der Waals surface area (Å²) in [6, 6.07) is 14.7. The topological polar surface area (TPSA) is 119 Å². The van der Waals surface area contributed by atoms with Gasteiger partial charge in [-0.25, -0.2) is 13.1 Å². The Balaban J connectivity index is 1.33. The van der Waals surface area contributed by atoms with Crippen molar-refractivity contribution in [2.24, 2.45) is 0 Å². The smallest absolute Gasteiger partial charge is 0.251 e. The minimum atomic E-state index is -3.71. The van der Waals surface area contributed by atoms with E-state index in [1.165, 1.54) is 30.5 Å². The van der Waals surface area contributed by atoms with Crippen LogP contribution in [0, 0.1) is 0 Å². The average molecular weight is 425 g/mol. The van der Waals surface area contributed by atoms with Gasteiger partial charge in [0.1, 0.15) is 11.6 Å². The highest BCUT2D eigenvalue weighted by atomic mass is 32.2. The van der Waals surface area contributed by atoms with E-state index >= 15 is 0 Å². The molecule has 4 aromatic rings. The molecule has 0 saturated heterocycles. The fourth-order valence-corrected chi connectivity index (χ4v) is 3.89. The third kappa shape index (κ3) is 4.39. The van der Waals surface area contributed by atoms with E-state index in [0.29, 0.717) is 24.3 Å². The number of sulfonamides is 1. The number of nitrogens with zero attached hydrogens (tertiary/aromatic N) is 3. The van der Waals surface area contributed by atoms with Gasteiger partial charge in [0.05, 0.1) is 17.7 Å². The lowest BCUT2D eigenvalue weighted by atomic mass is 10.2. The van der Waals surface area contributed by atoms with Gasteiger partial charge in [-0.1, -0.05) is 6.07 Å². The Hall–Kier alpha value is -3.50. The number of carbonyl (C=O) groups is 1. The number of fused-ring (bicyclic) bond motifs is 1. The van der Waals surface area contributed by atoms with Crippen LogP contribution in [0.5, 0.6) is 0 Å². The Kier molecular flexibility index (Phi) is 5.59. The molecule has 0 spiro atoms. The van der Waals surface area contributed by atoms with Gasteiger partial charge in [-0.15, -0.1) is 10.2 Å². The molecule has 0 aliphatic carbocycles. The van der Waals surface area contributed by atoms with Gasteiger partial charge in [0.15, 0.2) is 5.65 Å². The molecule has 1 aromatic carbocycles. The minimum absolute atomic E-state index is 0.0505. The number of nitrogens with one attached hydrogen (secondary N) is 2. The molecule has 0 aliphatic heterocycles. The van der Waals surface area contributed by atoms with Crippen LogP contribution in [0.15, 0.2) is 76.4 Å². The molecule has 0 saturated carbocycles. The van der Waals surface area contributed by atoms with Crippen LogP contribution < -0.4 is 10.0 Å². The number of hydrogen-bond acceptors (Lipinski definition) is 6. The van der Waals surface area contributed by atoms with Crippen LogP contribution in [-0.4, -0.2) is 35.5 Å². The zero-order valence-corrected chi connectivity index (χ0v) is 16.7. The molecule has 0 bridgehead atoms. The number of hydrogen-bond donors (Lipinski definition) is 2. The Morgan fingerprint density at radius 2 is 1.87 bits per heavy atom. The second-order valence-corrected chi connectivity index (χ2v) is 8.25. The Bertz CT molecular complexity index is 1250. The normalized spacial score (nSPS) is 11.6. The maximum Gasteiger partial charge on any atom is 0.251 e. The van der Waals surface area contributed by atoms with Gasteiger partial charge < -0.3 is 9.73 Å². The zero-order chi connectivity index (χ0) is 21.0. The molecule has 0 aliphatic rings. The molecule has 3 aromatic heterocycles. The summed E-state index contributed by atoms with van der Waals surface area (Å²) in [7, 11) is -3.71. The second kappa shape index (κ2) is 8.47. The highest BCUT2D eigenvalue weighted by Gasteiger charge is 2.15. The molecule has 10 heteroatoms. The SMILES string of the molecule is O=C(NCCc1nnc2ccccn12)c1ccc(S(=O)(=O)NCc2ccco2)cc1. The maximum absolute atomic E-state index is 12.4. The van der Waals surface area contributed by atoms with Crippen molar-refractivity contribution in [1.82, 2.24) is 24.6 Å². The van der Waals surface area contributed by atoms with Crippen LogP contribution in [0.4, 0.5) is 0 Å². The first-order valence-electron chi connectivity index (χ1n) is 9.22. The summed E-state index contributed by atoms with van der Waals surface area (Å²) < 4.78 is 34.1. The number of carbonyl (C=O) groups excluding carboxylic acids is 1. The van der Waals surface area contributed by atoms with Gasteiger partial charge in [-0.2, -0.15) is 0 Å². The van der Waals surface area contributed by atoms with Crippen molar-refractivity contribution in [3.05, 3.63) is 84.2 Å². The summed E-state index contributed by atoms with van der Waals surface area (Å²) in [6.45, 7) is 0.425. The number of benzene rings is 1. The van der Waals surface area contributed by atoms with Gasteiger partial charge in [-0.05, 0) is 48.5 Å². The standard InChI is InChI=1S/C20H19N5O4S/c26-20(21-11-10-19-24-23-18-5-1-2-12-25(18)19)15-6-8-17(9-7-15)30(27,28)22-14-16-4-3-13-29-16/h1-9,12-13,22H,10-11,14H2,(H,21,26). The Morgan fingerprint density at radius 3 is 2.63 bits per heavy atom. The third-order valence-corrected chi connectivity index (χ3v) is 5.88. The summed E-state index contributed by atoms with van der Waals surface area (Å²) in [6.07, 6.45) is 3.86. The number of furan rings is 1. The van der Waals surface area contributed by atoms with Gasteiger partial charge in [0.2, 0.25) is 10.0 Å². The van der Waals surface area contributed by atoms with E-state index < -0.39 is 10.0 Å². The predicted octanol–water partition coefficient (Wildman–Crippen LogP) is 1.77. The molecule has 154 valence electrons. The van der Waals surface area contributed by atoms with E-state index in [-0.39, 0.29) is 17.3 Å². The van der Waals surface area contributed by atoms with Gasteiger partial charge in [0.25, 0.3) is 5.91 Å². The summed E-state index contributed by atoms with van der Waals surface area (Å²) in [4.78, 5) is 12.4. The number of rotatable bonds is 8. The van der Waals surface area contributed by atoms with Crippen molar-refractivity contribution in [1.29, 1.82) is 0 Å². The fraction of sp³-hybridized carbons (Fsp3) is 0.150. The molecule has 1 amide bonds. The van der Waals surface area contributed by atoms with Crippen LogP contribution in [0.2, 0.25) is 0 Å². The monoisotopic (exact) mass is 425 g/mol. The van der Waals surface area contributed by atoms with Crippen molar-refractivity contribution in [3.63, 3.8) is 0 Å². The third-order valence-electron chi connectivity index (χ3n) is 4.46. The van der Waals surface area contributed by atoms with E-state index in [4.69, 9.17) is 4.42 Å². The lowest BCUT2D eigenvalue weighted by molar-refractivity contribution is 0.0954. The lowest BCUT2D eigenvalue weighted by Gasteiger charge is -2.07. The molecule has 2 N–H and O–H groups in total. The van der Waals surface area contributed by atoms with Crippen LogP contribution >= 0.6 is 0 Å². The molecule has 0 atom stereocenters. The number of amides is 1. The van der Waals surface area contributed by atoms with Gasteiger partial charge >= 0.3 is 0 Å². The lowest BCUT2D eigenvalue weighted by Crippen LogP contribution is -2.26. The van der Waals surface area contributed by atoms with Crippen LogP contribution in [-0.2, 0) is 23.0 Å². The molecular weight excluding hydrogens is 406 g/mol. The molecule has 0 radical (unpaired) electrons. The molecule has 3 heterocycles. The van der Waals surface area contributed by atoms with Crippen LogP contribution in [0.1, 0.15) is 21.9 Å². The van der Waals surface area contributed by atoms with E-state index in [1.807, 2.05) is 28.8 Å². The van der Waals surface area contributed by atoms with Crippen LogP contribution in [0.3, 0.4) is 0 Å². The van der Waals surface area contributed by atoms with E-state index in [0.717, 1.165) is 11.5 Å². The van der Waals surface area contributed by atoms with Crippen molar-refractivity contribution < 1.29 is 17.6 Å². The molecule has 0 unspecified atom stereocenters. The Labute approximate surface area is 172 Å². The molecule has 9 nitrogen and oxygen atoms in total. The number of pyridine rings is 1. The molecule has 0 fully saturated rings. The molecule has 30 heavy (non-hydrogen) atoms. The number of aromatic nitrogens is 3. The fourth-order valence-electron chi connectivity index (χ4n) is 2.90. The predicted molar refractivity (Wildman–Crippen MR) is 108 cm³/mol. The summed E-state index contributed by atoms with van der Waals surface area (Å²) in [5, 5.41) is 11.0. The maximum atomic E-state index is 12.4. The highest BCUT2D eigenvalue weighted by molar-refractivity contribution is 7.89.